The van der Waals surface area contributed by atoms with Crippen LogP contribution in [0.25, 0.3) is 10.2 Å². The van der Waals surface area contributed by atoms with E-state index in [-0.39, 0.29) is 18.1 Å². The summed E-state index contributed by atoms with van der Waals surface area (Å²) in [6.45, 7) is 6.01. The lowest BCUT2D eigenvalue weighted by molar-refractivity contribution is -0.0187. The van der Waals surface area contributed by atoms with Crippen LogP contribution in [0.15, 0.2) is 36.5 Å². The molecule has 0 saturated heterocycles. The fraction of sp³-hybridized carbons (Fsp3) is 0.458. The van der Waals surface area contributed by atoms with Gasteiger partial charge in [-0.2, -0.15) is 0 Å². The van der Waals surface area contributed by atoms with Crippen LogP contribution in [-0.4, -0.2) is 28.0 Å². The molecule has 5 nitrogen and oxygen atoms in total. The first kappa shape index (κ1) is 19.5. The standard InChI is InChI=1S/C24H27N3O2S/c1-14(2)29-21-9-16(6-7-25-21)22(28)26-18-12-24(13-18)10-17(11-24)23-27-19-8-15(3)4-5-20(19)30-23/h4-9,14,17-18H,10-13H2,1-3H3,(H,26,28). The quantitative estimate of drug-likeness (QED) is 0.612. The Hall–Kier alpha value is -2.47. The number of ether oxygens (including phenoxy) is 1. The van der Waals surface area contributed by atoms with Crippen molar-refractivity contribution in [2.24, 2.45) is 5.41 Å². The highest BCUT2D eigenvalue weighted by Gasteiger charge is 2.54. The zero-order chi connectivity index (χ0) is 20.9. The second-order valence-electron chi connectivity index (χ2n) is 9.26. The molecular formula is C24H27N3O2S. The van der Waals surface area contributed by atoms with Crippen LogP contribution in [0.3, 0.4) is 0 Å². The summed E-state index contributed by atoms with van der Waals surface area (Å²) >= 11 is 1.84. The average molecular weight is 422 g/mol. The van der Waals surface area contributed by atoms with Gasteiger partial charge in [-0.3, -0.25) is 4.79 Å². The normalized spacial score (nSPS) is 25.2. The molecule has 2 fully saturated rings. The number of rotatable bonds is 5. The predicted octanol–water partition coefficient (Wildman–Crippen LogP) is 5.24. The number of hydrogen-bond donors (Lipinski definition) is 1. The zero-order valence-corrected chi connectivity index (χ0v) is 18.5. The summed E-state index contributed by atoms with van der Waals surface area (Å²) in [6.07, 6.45) is 6.19. The Balaban J connectivity index is 1.15. The predicted molar refractivity (Wildman–Crippen MR) is 119 cm³/mol. The summed E-state index contributed by atoms with van der Waals surface area (Å²) in [6, 6.07) is 10.2. The van der Waals surface area contributed by atoms with E-state index in [4.69, 9.17) is 9.72 Å². The molecule has 3 aromatic rings. The Morgan fingerprint density at radius 3 is 2.77 bits per heavy atom. The van der Waals surface area contributed by atoms with Crippen molar-refractivity contribution in [2.75, 3.05) is 0 Å². The van der Waals surface area contributed by atoms with Crippen LogP contribution in [0.1, 0.15) is 66.4 Å². The number of fused-ring (bicyclic) bond motifs is 1. The number of aryl methyl sites for hydroxylation is 1. The zero-order valence-electron chi connectivity index (χ0n) is 17.6. The monoisotopic (exact) mass is 421 g/mol. The Bertz CT molecular complexity index is 1090. The van der Waals surface area contributed by atoms with Crippen molar-refractivity contribution in [1.82, 2.24) is 15.3 Å². The third-order valence-electron chi connectivity index (χ3n) is 6.32. The lowest BCUT2D eigenvalue weighted by atomic mass is 9.50. The fourth-order valence-corrected chi connectivity index (χ4v) is 5.98. The molecule has 0 atom stereocenters. The number of nitrogens with one attached hydrogen (secondary N) is 1. The summed E-state index contributed by atoms with van der Waals surface area (Å²) in [5.41, 5.74) is 3.41. The fourth-order valence-electron chi connectivity index (χ4n) is 4.94. The largest absolute Gasteiger partial charge is 0.475 e. The summed E-state index contributed by atoms with van der Waals surface area (Å²) < 4.78 is 6.88. The van der Waals surface area contributed by atoms with Gasteiger partial charge in [-0.25, -0.2) is 9.97 Å². The van der Waals surface area contributed by atoms with Gasteiger partial charge in [0.2, 0.25) is 5.88 Å². The van der Waals surface area contributed by atoms with Gasteiger partial charge in [-0.15, -0.1) is 11.3 Å². The molecule has 0 aliphatic heterocycles. The van der Waals surface area contributed by atoms with E-state index >= 15 is 0 Å². The number of nitrogens with zero attached hydrogens (tertiary/aromatic N) is 2. The summed E-state index contributed by atoms with van der Waals surface area (Å²) in [4.78, 5) is 21.7. The van der Waals surface area contributed by atoms with E-state index in [1.54, 1.807) is 18.3 Å². The Kier molecular flexibility index (Phi) is 4.77. The topological polar surface area (TPSA) is 64.1 Å². The van der Waals surface area contributed by atoms with Gasteiger partial charge in [0, 0.05) is 29.8 Å². The molecule has 2 aliphatic carbocycles. The van der Waals surface area contributed by atoms with E-state index in [0.717, 1.165) is 18.4 Å². The summed E-state index contributed by atoms with van der Waals surface area (Å²) in [7, 11) is 0. The van der Waals surface area contributed by atoms with Crippen molar-refractivity contribution in [3.05, 3.63) is 52.7 Å². The van der Waals surface area contributed by atoms with Gasteiger partial charge < -0.3 is 10.1 Å². The molecule has 2 saturated carbocycles. The maximum absolute atomic E-state index is 12.6. The van der Waals surface area contributed by atoms with Crippen molar-refractivity contribution >= 4 is 27.5 Å². The van der Waals surface area contributed by atoms with Gasteiger partial charge in [0.05, 0.1) is 21.3 Å². The highest BCUT2D eigenvalue weighted by atomic mass is 32.1. The van der Waals surface area contributed by atoms with Crippen LogP contribution >= 0.6 is 11.3 Å². The van der Waals surface area contributed by atoms with Gasteiger partial charge in [0.15, 0.2) is 0 Å². The lowest BCUT2D eigenvalue weighted by Crippen LogP contribution is -2.55. The van der Waals surface area contributed by atoms with Crippen LogP contribution in [0.4, 0.5) is 0 Å². The molecule has 5 rings (SSSR count). The number of hydrogen-bond acceptors (Lipinski definition) is 5. The van der Waals surface area contributed by atoms with Crippen molar-refractivity contribution in [1.29, 1.82) is 0 Å². The van der Waals surface area contributed by atoms with Crippen LogP contribution in [0, 0.1) is 12.3 Å². The van der Waals surface area contributed by atoms with Crippen molar-refractivity contribution in [2.45, 2.75) is 64.5 Å². The molecule has 6 heteroatoms. The van der Waals surface area contributed by atoms with E-state index in [9.17, 15) is 4.79 Å². The van der Waals surface area contributed by atoms with E-state index in [2.05, 4.69) is 35.4 Å². The molecule has 1 aromatic carbocycles. The molecule has 2 heterocycles. The van der Waals surface area contributed by atoms with Crippen LogP contribution in [0.2, 0.25) is 0 Å². The van der Waals surface area contributed by atoms with Gasteiger partial charge in [0.25, 0.3) is 5.91 Å². The third kappa shape index (κ3) is 3.69. The number of carbonyl (C=O) groups excluding carboxylic acids is 1. The Morgan fingerprint density at radius 1 is 1.20 bits per heavy atom. The molecule has 2 aromatic heterocycles. The highest BCUT2D eigenvalue weighted by Crippen LogP contribution is 2.62. The van der Waals surface area contributed by atoms with E-state index in [1.807, 2.05) is 25.2 Å². The number of thiazole rings is 1. The van der Waals surface area contributed by atoms with Gasteiger partial charge in [-0.1, -0.05) is 6.07 Å². The second-order valence-corrected chi connectivity index (χ2v) is 10.3. The lowest BCUT2D eigenvalue weighted by Gasteiger charge is -2.57. The van der Waals surface area contributed by atoms with Crippen LogP contribution in [0.5, 0.6) is 5.88 Å². The Morgan fingerprint density at radius 2 is 2.00 bits per heavy atom. The highest BCUT2D eigenvalue weighted by molar-refractivity contribution is 7.18. The first-order valence-electron chi connectivity index (χ1n) is 10.7. The Labute approximate surface area is 180 Å². The molecule has 1 amide bonds. The van der Waals surface area contributed by atoms with Crippen molar-refractivity contribution in [3.8, 4) is 5.88 Å². The molecule has 0 radical (unpaired) electrons. The molecule has 156 valence electrons. The maximum Gasteiger partial charge on any atom is 0.251 e. The molecular weight excluding hydrogens is 394 g/mol. The molecule has 0 unspecified atom stereocenters. The minimum Gasteiger partial charge on any atom is -0.475 e. The summed E-state index contributed by atoms with van der Waals surface area (Å²) in [5, 5.41) is 4.46. The minimum atomic E-state index is -0.0386. The van der Waals surface area contributed by atoms with Crippen molar-refractivity contribution < 1.29 is 9.53 Å². The molecule has 2 aliphatic rings. The first-order chi connectivity index (χ1) is 14.4. The molecule has 1 spiro atoms. The first-order valence-corrected chi connectivity index (χ1v) is 11.5. The number of amides is 1. The van der Waals surface area contributed by atoms with Gasteiger partial charge in [0.1, 0.15) is 0 Å². The molecule has 30 heavy (non-hydrogen) atoms. The number of pyridine rings is 1. The number of benzene rings is 1. The summed E-state index contributed by atoms with van der Waals surface area (Å²) in [5.74, 6) is 1.04. The van der Waals surface area contributed by atoms with E-state index in [0.29, 0.717) is 22.8 Å². The van der Waals surface area contributed by atoms with Crippen molar-refractivity contribution in [3.63, 3.8) is 0 Å². The minimum absolute atomic E-state index is 0.0355. The SMILES string of the molecule is Cc1ccc2sc(C3CC4(CC(NC(=O)c5ccnc(OC(C)C)c5)C4)C3)nc2c1. The van der Waals surface area contributed by atoms with Crippen LogP contribution < -0.4 is 10.1 Å². The smallest absolute Gasteiger partial charge is 0.251 e. The van der Waals surface area contributed by atoms with E-state index < -0.39 is 0 Å². The number of aromatic nitrogens is 2. The second kappa shape index (κ2) is 7.34. The maximum atomic E-state index is 12.6. The molecule has 1 N–H and O–H groups in total. The third-order valence-corrected chi connectivity index (χ3v) is 7.51. The number of carbonyl (C=O) groups is 1. The van der Waals surface area contributed by atoms with E-state index in [1.165, 1.54) is 28.1 Å². The van der Waals surface area contributed by atoms with Crippen LogP contribution in [-0.2, 0) is 0 Å². The average Bonchev–Trinajstić information content (AvgIpc) is 3.04. The molecule has 0 bridgehead atoms. The van der Waals surface area contributed by atoms with Gasteiger partial charge >= 0.3 is 0 Å². The van der Waals surface area contributed by atoms with Gasteiger partial charge in [-0.05, 0) is 75.6 Å².